The van der Waals surface area contributed by atoms with Crippen molar-refractivity contribution in [3.05, 3.63) is 83.9 Å². The Morgan fingerprint density at radius 3 is 1.48 bits per heavy atom. The zero-order valence-corrected chi connectivity index (χ0v) is 15.3. The summed E-state index contributed by atoms with van der Waals surface area (Å²) in [6.07, 6.45) is 0. The second-order valence-electron chi connectivity index (χ2n) is 6.55. The van der Waals surface area contributed by atoms with Gasteiger partial charge < -0.3 is 20.8 Å². The Morgan fingerprint density at radius 2 is 1.03 bits per heavy atom. The summed E-state index contributed by atoms with van der Waals surface area (Å²) in [5, 5.41) is 28.6. The Labute approximate surface area is 166 Å². The van der Waals surface area contributed by atoms with Crippen LogP contribution in [0.3, 0.4) is 0 Å². The molecule has 0 spiro atoms. The molecule has 4 N–H and O–H groups in total. The highest BCUT2D eigenvalue weighted by molar-refractivity contribution is 6.05. The van der Waals surface area contributed by atoms with Crippen molar-refractivity contribution in [3.63, 3.8) is 0 Å². The number of phenols is 2. The van der Waals surface area contributed by atoms with Crippen LogP contribution in [0.5, 0.6) is 11.5 Å². The van der Waals surface area contributed by atoms with E-state index in [9.17, 15) is 19.8 Å². The summed E-state index contributed by atoms with van der Waals surface area (Å²) >= 11 is 0. The Kier molecular flexibility index (Phi) is 4.75. The largest absolute Gasteiger partial charge is 0.506 e. The normalized spacial score (nSPS) is 10.8. The number of amides is 2. The van der Waals surface area contributed by atoms with Crippen LogP contribution < -0.4 is 10.6 Å². The number of fused-ring (bicyclic) bond motifs is 2. The Balaban J connectivity index is 1.45. The van der Waals surface area contributed by atoms with Gasteiger partial charge in [-0.2, -0.15) is 0 Å². The van der Waals surface area contributed by atoms with Gasteiger partial charge in [0.1, 0.15) is 11.5 Å². The van der Waals surface area contributed by atoms with Crippen LogP contribution >= 0.6 is 0 Å². The average molecular weight is 386 g/mol. The number of rotatable bonds is 4. The first-order valence-corrected chi connectivity index (χ1v) is 9.04. The second-order valence-corrected chi connectivity index (χ2v) is 6.55. The molecule has 0 saturated heterocycles. The van der Waals surface area contributed by atoms with Gasteiger partial charge in [0, 0.05) is 10.8 Å². The van der Waals surface area contributed by atoms with E-state index in [0.717, 1.165) is 10.8 Å². The lowest BCUT2D eigenvalue weighted by atomic mass is 10.0. The zero-order chi connectivity index (χ0) is 20.4. The molecular formula is C23H18N2O4. The summed E-state index contributed by atoms with van der Waals surface area (Å²) < 4.78 is 0. The molecule has 4 aromatic carbocycles. The van der Waals surface area contributed by atoms with Gasteiger partial charge in [-0.05, 0) is 22.9 Å². The molecule has 0 bridgehead atoms. The number of hydrogen-bond acceptors (Lipinski definition) is 4. The topological polar surface area (TPSA) is 98.7 Å². The molecule has 2 amide bonds. The van der Waals surface area contributed by atoms with Crippen LogP contribution in [-0.4, -0.2) is 28.7 Å². The molecule has 0 fully saturated rings. The van der Waals surface area contributed by atoms with Crippen molar-refractivity contribution in [1.82, 2.24) is 10.6 Å². The van der Waals surface area contributed by atoms with E-state index in [1.165, 1.54) is 12.1 Å². The summed E-state index contributed by atoms with van der Waals surface area (Å²) in [6, 6.07) is 20.9. The lowest BCUT2D eigenvalue weighted by molar-refractivity contribution is 0.0918. The highest BCUT2D eigenvalue weighted by Crippen LogP contribution is 2.29. The fourth-order valence-electron chi connectivity index (χ4n) is 3.27. The van der Waals surface area contributed by atoms with E-state index in [4.69, 9.17) is 0 Å². The summed E-state index contributed by atoms with van der Waals surface area (Å²) in [5.74, 6) is -1.26. The van der Waals surface area contributed by atoms with Gasteiger partial charge in [0.05, 0.1) is 17.8 Å². The third-order valence-electron chi connectivity index (χ3n) is 4.79. The maximum absolute atomic E-state index is 12.4. The first-order valence-electron chi connectivity index (χ1n) is 9.04. The molecule has 0 aromatic heterocycles. The molecule has 0 unspecified atom stereocenters. The minimum absolute atomic E-state index is 0.112. The standard InChI is InChI=1S/C23H18N2O4/c26-20-16-7-3-1-5-14(16)9-11-18(20)22(28)24-13-25-23(29)19-12-10-15-6-2-4-8-17(15)21(19)27/h1-12,26-27H,13H2,(H,24,28)(H,25,29). The fourth-order valence-corrected chi connectivity index (χ4v) is 3.27. The average Bonchev–Trinajstić information content (AvgIpc) is 2.74. The number of carbonyl (C=O) groups excluding carboxylic acids is 2. The van der Waals surface area contributed by atoms with E-state index >= 15 is 0 Å². The number of nitrogens with one attached hydrogen (secondary N) is 2. The Bertz CT molecular complexity index is 1150. The lowest BCUT2D eigenvalue weighted by Gasteiger charge is -2.11. The molecule has 0 aliphatic rings. The summed E-state index contributed by atoms with van der Waals surface area (Å²) in [7, 11) is 0. The summed E-state index contributed by atoms with van der Waals surface area (Å²) in [5.41, 5.74) is 0.234. The van der Waals surface area contributed by atoms with Crippen LogP contribution in [0.4, 0.5) is 0 Å². The van der Waals surface area contributed by atoms with Gasteiger partial charge in [-0.1, -0.05) is 60.7 Å². The van der Waals surface area contributed by atoms with Gasteiger partial charge in [-0.3, -0.25) is 9.59 Å². The molecule has 0 radical (unpaired) electrons. The van der Waals surface area contributed by atoms with Crippen molar-refractivity contribution in [2.45, 2.75) is 0 Å². The van der Waals surface area contributed by atoms with Crippen LogP contribution in [0.25, 0.3) is 21.5 Å². The quantitative estimate of drug-likeness (QED) is 0.403. The van der Waals surface area contributed by atoms with Crippen molar-refractivity contribution in [2.75, 3.05) is 6.67 Å². The molecule has 0 saturated carbocycles. The van der Waals surface area contributed by atoms with Gasteiger partial charge in [-0.25, -0.2) is 0 Å². The molecule has 144 valence electrons. The van der Waals surface area contributed by atoms with Crippen molar-refractivity contribution in [3.8, 4) is 11.5 Å². The van der Waals surface area contributed by atoms with Crippen LogP contribution in [0, 0.1) is 0 Å². The molecule has 0 atom stereocenters. The lowest BCUT2D eigenvalue weighted by Crippen LogP contribution is -2.37. The molecule has 29 heavy (non-hydrogen) atoms. The van der Waals surface area contributed by atoms with Gasteiger partial charge in [0.15, 0.2) is 0 Å². The highest BCUT2D eigenvalue weighted by Gasteiger charge is 2.16. The molecular weight excluding hydrogens is 368 g/mol. The minimum atomic E-state index is -0.517. The van der Waals surface area contributed by atoms with Crippen LogP contribution in [0.2, 0.25) is 0 Å². The predicted molar refractivity (Wildman–Crippen MR) is 111 cm³/mol. The van der Waals surface area contributed by atoms with E-state index in [2.05, 4.69) is 10.6 Å². The maximum Gasteiger partial charge on any atom is 0.256 e. The van der Waals surface area contributed by atoms with Crippen LogP contribution in [-0.2, 0) is 0 Å². The number of phenolic OH excluding ortho intramolecular Hbond substituents is 2. The van der Waals surface area contributed by atoms with Crippen LogP contribution in [0.15, 0.2) is 72.8 Å². The predicted octanol–water partition coefficient (Wildman–Crippen LogP) is 3.52. The first-order chi connectivity index (χ1) is 14.1. The molecule has 4 rings (SSSR count). The van der Waals surface area contributed by atoms with Gasteiger partial charge in [0.2, 0.25) is 0 Å². The van der Waals surface area contributed by atoms with Gasteiger partial charge in [-0.15, -0.1) is 0 Å². The van der Waals surface area contributed by atoms with E-state index < -0.39 is 11.8 Å². The Hall–Kier alpha value is -4.06. The third-order valence-corrected chi connectivity index (χ3v) is 4.79. The number of benzene rings is 4. The molecule has 0 aliphatic carbocycles. The van der Waals surface area contributed by atoms with E-state index in [-0.39, 0.29) is 29.3 Å². The number of aromatic hydroxyl groups is 2. The van der Waals surface area contributed by atoms with Crippen molar-refractivity contribution >= 4 is 33.4 Å². The molecule has 0 aliphatic heterocycles. The Morgan fingerprint density at radius 1 is 0.621 bits per heavy atom. The second kappa shape index (κ2) is 7.52. The molecule has 6 nitrogen and oxygen atoms in total. The molecule has 4 aromatic rings. The van der Waals surface area contributed by atoms with E-state index in [1.54, 1.807) is 36.4 Å². The number of hydrogen-bond donors (Lipinski definition) is 4. The first kappa shape index (κ1) is 18.3. The number of carbonyl (C=O) groups is 2. The smallest absolute Gasteiger partial charge is 0.256 e. The summed E-state index contributed by atoms with van der Waals surface area (Å²) in [6.45, 7) is -0.157. The minimum Gasteiger partial charge on any atom is -0.506 e. The van der Waals surface area contributed by atoms with Crippen molar-refractivity contribution in [2.24, 2.45) is 0 Å². The van der Waals surface area contributed by atoms with Crippen molar-refractivity contribution in [1.29, 1.82) is 0 Å². The maximum atomic E-state index is 12.4. The van der Waals surface area contributed by atoms with Gasteiger partial charge in [0.25, 0.3) is 11.8 Å². The highest BCUT2D eigenvalue weighted by atomic mass is 16.3. The monoisotopic (exact) mass is 386 g/mol. The third kappa shape index (κ3) is 3.43. The van der Waals surface area contributed by atoms with E-state index in [1.807, 2.05) is 24.3 Å². The van der Waals surface area contributed by atoms with Crippen LogP contribution in [0.1, 0.15) is 20.7 Å². The van der Waals surface area contributed by atoms with E-state index in [0.29, 0.717) is 10.8 Å². The van der Waals surface area contributed by atoms with Crippen molar-refractivity contribution < 1.29 is 19.8 Å². The van der Waals surface area contributed by atoms with Gasteiger partial charge >= 0.3 is 0 Å². The zero-order valence-electron chi connectivity index (χ0n) is 15.3. The SMILES string of the molecule is O=C(NCNC(=O)c1ccc2ccccc2c1O)c1ccc2ccccc2c1O. The summed E-state index contributed by atoms with van der Waals surface area (Å²) in [4.78, 5) is 24.8. The molecule has 6 heteroatoms. The molecule has 0 heterocycles. The fraction of sp³-hybridized carbons (Fsp3) is 0.0435.